The molecule has 0 atom stereocenters. The molecule has 6 heteroatoms. The Balaban J connectivity index is 2.01. The second-order valence-corrected chi connectivity index (χ2v) is 6.48. The first kappa shape index (κ1) is 14.0. The lowest BCUT2D eigenvalue weighted by molar-refractivity contribution is 0.0944. The van der Waals surface area contributed by atoms with E-state index >= 15 is 0 Å². The fourth-order valence-electron chi connectivity index (χ4n) is 1.95. The molecule has 0 bridgehead atoms. The normalized spacial score (nSPS) is 17.1. The predicted octanol–water partition coefficient (Wildman–Crippen LogP) is 3.40. The molecule has 0 saturated heterocycles. The van der Waals surface area contributed by atoms with Gasteiger partial charge in [-0.1, -0.05) is 29.6 Å². The van der Waals surface area contributed by atoms with Crippen molar-refractivity contribution in [3.63, 3.8) is 0 Å². The van der Waals surface area contributed by atoms with E-state index in [1.165, 1.54) is 18.7 Å². The van der Waals surface area contributed by atoms with E-state index in [0.29, 0.717) is 17.1 Å². The summed E-state index contributed by atoms with van der Waals surface area (Å²) < 4.78 is 0.207. The van der Waals surface area contributed by atoms with Gasteiger partial charge < -0.3 is 5.32 Å². The summed E-state index contributed by atoms with van der Waals surface area (Å²) in [6.07, 6.45) is 7.02. The van der Waals surface area contributed by atoms with Crippen LogP contribution < -0.4 is 5.32 Å². The molecule has 0 unspecified atom stereocenters. The first-order valence-electron chi connectivity index (χ1n) is 5.71. The van der Waals surface area contributed by atoms with Crippen molar-refractivity contribution < 1.29 is 4.79 Å². The molecule has 1 aromatic rings. The highest BCUT2D eigenvalue weighted by molar-refractivity contribution is 8.00. The molecule has 1 aliphatic rings. The third-order valence-corrected chi connectivity index (χ3v) is 5.26. The second-order valence-electron chi connectivity index (χ2n) is 4.41. The van der Waals surface area contributed by atoms with E-state index in [1.54, 1.807) is 0 Å². The van der Waals surface area contributed by atoms with E-state index in [-0.39, 0.29) is 15.8 Å². The van der Waals surface area contributed by atoms with Crippen LogP contribution in [-0.2, 0) is 0 Å². The van der Waals surface area contributed by atoms with Crippen molar-refractivity contribution in [2.45, 2.75) is 24.0 Å². The lowest BCUT2D eigenvalue weighted by Crippen LogP contribution is -2.45. The van der Waals surface area contributed by atoms with Crippen molar-refractivity contribution in [3.05, 3.63) is 28.0 Å². The SMILES string of the molecule is CSC1(CNC(=O)c2cc(Cl)ncc2Cl)CCC1. The third-order valence-electron chi connectivity index (χ3n) is 3.34. The van der Waals surface area contributed by atoms with Gasteiger partial charge in [0.05, 0.1) is 10.6 Å². The zero-order valence-electron chi connectivity index (χ0n) is 10.0. The molecule has 98 valence electrons. The molecule has 1 amide bonds. The highest BCUT2D eigenvalue weighted by atomic mass is 35.5. The maximum absolute atomic E-state index is 12.0. The Kier molecular flexibility index (Phi) is 4.41. The standard InChI is InChI=1S/C12H14Cl2N2OS/c1-18-12(3-2-4-12)7-16-11(17)8-5-10(14)15-6-9(8)13/h5-6H,2-4,7H2,1H3,(H,16,17). The zero-order chi connectivity index (χ0) is 13.2. The number of nitrogens with zero attached hydrogens (tertiary/aromatic N) is 1. The number of pyridine rings is 1. The second kappa shape index (κ2) is 5.68. The summed E-state index contributed by atoms with van der Waals surface area (Å²) in [5.41, 5.74) is 0.382. The molecule has 1 aliphatic carbocycles. The fourth-order valence-corrected chi connectivity index (χ4v) is 3.21. The Bertz CT molecular complexity index is 458. The molecule has 1 saturated carbocycles. The zero-order valence-corrected chi connectivity index (χ0v) is 12.3. The highest BCUT2D eigenvalue weighted by Crippen LogP contribution is 2.42. The fraction of sp³-hybridized carbons (Fsp3) is 0.500. The maximum atomic E-state index is 12.0. The van der Waals surface area contributed by atoms with Crippen LogP contribution in [0.2, 0.25) is 10.2 Å². The first-order chi connectivity index (χ1) is 8.56. The Morgan fingerprint density at radius 1 is 1.56 bits per heavy atom. The summed E-state index contributed by atoms with van der Waals surface area (Å²) >= 11 is 13.5. The van der Waals surface area contributed by atoms with Gasteiger partial charge in [0.15, 0.2) is 0 Å². The average molecular weight is 305 g/mol. The van der Waals surface area contributed by atoms with Crippen molar-refractivity contribution in [1.29, 1.82) is 0 Å². The topological polar surface area (TPSA) is 42.0 Å². The number of carbonyl (C=O) groups is 1. The van der Waals surface area contributed by atoms with Crippen molar-refractivity contribution in [3.8, 4) is 0 Å². The molecule has 1 fully saturated rings. The number of hydrogen-bond donors (Lipinski definition) is 1. The van der Waals surface area contributed by atoms with Gasteiger partial charge in [-0.3, -0.25) is 4.79 Å². The Morgan fingerprint density at radius 3 is 2.83 bits per heavy atom. The number of rotatable bonds is 4. The largest absolute Gasteiger partial charge is 0.351 e. The quantitative estimate of drug-likeness (QED) is 0.867. The molecule has 18 heavy (non-hydrogen) atoms. The monoisotopic (exact) mass is 304 g/mol. The average Bonchev–Trinajstić information content (AvgIpc) is 2.31. The number of thioether (sulfide) groups is 1. The van der Waals surface area contributed by atoms with Gasteiger partial charge in [0, 0.05) is 17.5 Å². The summed E-state index contributed by atoms with van der Waals surface area (Å²) in [7, 11) is 0. The lowest BCUT2D eigenvalue weighted by Gasteiger charge is -2.40. The van der Waals surface area contributed by atoms with E-state index in [4.69, 9.17) is 23.2 Å². The minimum Gasteiger partial charge on any atom is -0.351 e. The van der Waals surface area contributed by atoms with Gasteiger partial charge in [-0.05, 0) is 25.2 Å². The summed E-state index contributed by atoms with van der Waals surface area (Å²) in [5.74, 6) is -0.190. The van der Waals surface area contributed by atoms with Crippen LogP contribution in [0.15, 0.2) is 12.3 Å². The van der Waals surface area contributed by atoms with E-state index in [2.05, 4.69) is 16.6 Å². The number of aromatic nitrogens is 1. The highest BCUT2D eigenvalue weighted by Gasteiger charge is 2.36. The van der Waals surface area contributed by atoms with Crippen LogP contribution in [0.1, 0.15) is 29.6 Å². The molecular weight excluding hydrogens is 291 g/mol. The Labute approximate surface area is 121 Å². The Morgan fingerprint density at radius 2 is 2.28 bits per heavy atom. The van der Waals surface area contributed by atoms with Crippen LogP contribution in [0.3, 0.4) is 0 Å². The summed E-state index contributed by atoms with van der Waals surface area (Å²) in [6.45, 7) is 0.670. The van der Waals surface area contributed by atoms with Crippen molar-refractivity contribution in [2.75, 3.05) is 12.8 Å². The molecule has 0 aromatic carbocycles. The van der Waals surface area contributed by atoms with Crippen LogP contribution in [0.25, 0.3) is 0 Å². The number of carbonyl (C=O) groups excluding carboxylic acids is 1. The summed E-state index contributed by atoms with van der Waals surface area (Å²) in [5, 5.41) is 3.52. The third kappa shape index (κ3) is 2.92. The molecule has 0 spiro atoms. The minimum atomic E-state index is -0.190. The van der Waals surface area contributed by atoms with Crippen molar-refractivity contribution in [1.82, 2.24) is 10.3 Å². The molecule has 1 N–H and O–H groups in total. The smallest absolute Gasteiger partial charge is 0.253 e. The van der Waals surface area contributed by atoms with Crippen molar-refractivity contribution >= 4 is 40.9 Å². The van der Waals surface area contributed by atoms with Crippen LogP contribution >= 0.6 is 35.0 Å². The van der Waals surface area contributed by atoms with Crippen LogP contribution in [0.5, 0.6) is 0 Å². The van der Waals surface area contributed by atoms with Gasteiger partial charge in [-0.15, -0.1) is 0 Å². The number of amides is 1. The maximum Gasteiger partial charge on any atom is 0.253 e. The number of hydrogen-bond acceptors (Lipinski definition) is 3. The minimum absolute atomic E-state index is 0.190. The molecular formula is C12H14Cl2N2OS. The number of nitrogens with one attached hydrogen (secondary N) is 1. The van der Waals surface area contributed by atoms with E-state index < -0.39 is 0 Å². The summed E-state index contributed by atoms with van der Waals surface area (Å²) in [4.78, 5) is 15.9. The van der Waals surface area contributed by atoms with E-state index in [0.717, 1.165) is 12.8 Å². The van der Waals surface area contributed by atoms with Gasteiger partial charge >= 0.3 is 0 Å². The van der Waals surface area contributed by atoms with Gasteiger partial charge in [-0.25, -0.2) is 4.98 Å². The predicted molar refractivity (Wildman–Crippen MR) is 76.7 cm³/mol. The van der Waals surface area contributed by atoms with Gasteiger partial charge in [0.1, 0.15) is 5.15 Å². The molecule has 1 heterocycles. The first-order valence-corrected chi connectivity index (χ1v) is 7.69. The van der Waals surface area contributed by atoms with Crippen LogP contribution in [-0.4, -0.2) is 28.4 Å². The van der Waals surface area contributed by atoms with Gasteiger partial charge in [-0.2, -0.15) is 11.8 Å². The summed E-state index contributed by atoms with van der Waals surface area (Å²) in [6, 6.07) is 1.49. The molecule has 3 nitrogen and oxygen atoms in total. The lowest BCUT2D eigenvalue weighted by atomic mass is 9.84. The van der Waals surface area contributed by atoms with Crippen molar-refractivity contribution in [2.24, 2.45) is 0 Å². The van der Waals surface area contributed by atoms with Gasteiger partial charge in [0.2, 0.25) is 0 Å². The van der Waals surface area contributed by atoms with Crippen LogP contribution in [0.4, 0.5) is 0 Å². The molecule has 0 aliphatic heterocycles. The number of halogens is 2. The Hall–Kier alpha value is -0.450. The molecule has 2 rings (SSSR count). The van der Waals surface area contributed by atoms with Crippen LogP contribution in [0, 0.1) is 0 Å². The van der Waals surface area contributed by atoms with Gasteiger partial charge in [0.25, 0.3) is 5.91 Å². The van der Waals surface area contributed by atoms with E-state index in [1.807, 2.05) is 11.8 Å². The molecule has 0 radical (unpaired) electrons. The van der Waals surface area contributed by atoms with E-state index in [9.17, 15) is 4.79 Å². The molecule has 1 aromatic heterocycles.